The molecule has 3 rings (SSSR count). The van der Waals surface area contributed by atoms with Gasteiger partial charge in [-0.3, -0.25) is 9.69 Å². The van der Waals surface area contributed by atoms with E-state index in [1.807, 2.05) is 31.2 Å². The van der Waals surface area contributed by atoms with Crippen LogP contribution in [-0.2, 0) is 11.3 Å². The minimum Gasteiger partial charge on any atom is -0.497 e. The summed E-state index contributed by atoms with van der Waals surface area (Å²) in [6, 6.07) is 15.6. The number of nitrogens with one attached hydrogen (secondary N) is 2. The maximum Gasteiger partial charge on any atom is 0.248 e. The number of amides is 1. The van der Waals surface area contributed by atoms with Crippen molar-refractivity contribution in [1.29, 1.82) is 0 Å². The molecule has 1 amide bonds. The van der Waals surface area contributed by atoms with Crippen LogP contribution in [0.1, 0.15) is 34.5 Å². The third-order valence-electron chi connectivity index (χ3n) is 5.45. The molecule has 172 valence electrons. The van der Waals surface area contributed by atoms with Crippen LogP contribution in [0.3, 0.4) is 0 Å². The molecule has 0 spiro atoms. The molecule has 1 aliphatic rings. The van der Waals surface area contributed by atoms with Crippen LogP contribution in [-0.4, -0.2) is 63.3 Å². The molecule has 0 aliphatic carbocycles. The second-order valence-corrected chi connectivity index (χ2v) is 7.57. The first kappa shape index (κ1) is 23.6. The van der Waals surface area contributed by atoms with Crippen molar-refractivity contribution in [3.05, 3.63) is 65.2 Å². The highest BCUT2D eigenvalue weighted by Crippen LogP contribution is 2.23. The van der Waals surface area contributed by atoms with Crippen molar-refractivity contribution in [2.24, 2.45) is 10.7 Å². The van der Waals surface area contributed by atoms with Crippen molar-refractivity contribution in [3.8, 4) is 5.75 Å². The van der Waals surface area contributed by atoms with Crippen molar-refractivity contribution in [2.75, 3.05) is 46.5 Å². The Bertz CT molecular complexity index is 878. The molecule has 8 heteroatoms. The molecule has 2 aromatic carbocycles. The van der Waals surface area contributed by atoms with Gasteiger partial charge in [0.1, 0.15) is 5.75 Å². The molecule has 32 heavy (non-hydrogen) atoms. The molecule has 0 saturated carbocycles. The van der Waals surface area contributed by atoms with Gasteiger partial charge in [0.15, 0.2) is 5.96 Å². The number of nitrogens with two attached hydrogens (primary N) is 1. The van der Waals surface area contributed by atoms with Crippen LogP contribution < -0.4 is 21.1 Å². The van der Waals surface area contributed by atoms with Crippen molar-refractivity contribution >= 4 is 11.9 Å². The van der Waals surface area contributed by atoms with Crippen molar-refractivity contribution in [1.82, 2.24) is 15.5 Å². The predicted octanol–water partition coefficient (Wildman–Crippen LogP) is 1.92. The minimum absolute atomic E-state index is 0.184. The fraction of sp³-hybridized carbons (Fsp3) is 0.417. The van der Waals surface area contributed by atoms with E-state index in [1.54, 1.807) is 19.2 Å². The molecule has 1 saturated heterocycles. The van der Waals surface area contributed by atoms with Crippen LogP contribution in [0.15, 0.2) is 53.5 Å². The van der Waals surface area contributed by atoms with Crippen LogP contribution in [0.2, 0.25) is 0 Å². The highest BCUT2D eigenvalue weighted by molar-refractivity contribution is 5.92. The molecule has 1 heterocycles. The van der Waals surface area contributed by atoms with Crippen molar-refractivity contribution in [3.63, 3.8) is 0 Å². The lowest BCUT2D eigenvalue weighted by molar-refractivity contribution is 0.0170. The maximum absolute atomic E-state index is 11.3. The Kier molecular flexibility index (Phi) is 8.89. The fourth-order valence-electron chi connectivity index (χ4n) is 3.65. The summed E-state index contributed by atoms with van der Waals surface area (Å²) < 4.78 is 10.9. The van der Waals surface area contributed by atoms with Gasteiger partial charge in [-0.05, 0) is 42.3 Å². The Balaban J connectivity index is 1.69. The Morgan fingerprint density at radius 3 is 2.41 bits per heavy atom. The smallest absolute Gasteiger partial charge is 0.248 e. The summed E-state index contributed by atoms with van der Waals surface area (Å²) in [5, 5.41) is 6.81. The average molecular weight is 440 g/mol. The minimum atomic E-state index is -0.428. The number of rotatable bonds is 9. The van der Waals surface area contributed by atoms with Gasteiger partial charge in [0.05, 0.1) is 32.9 Å². The lowest BCUT2D eigenvalue weighted by Crippen LogP contribution is -2.46. The summed E-state index contributed by atoms with van der Waals surface area (Å²) in [7, 11) is 1.68. The number of hydrogen-bond acceptors (Lipinski definition) is 5. The summed E-state index contributed by atoms with van der Waals surface area (Å²) >= 11 is 0. The summed E-state index contributed by atoms with van der Waals surface area (Å²) in [5.74, 6) is 1.17. The molecule has 1 fully saturated rings. The van der Waals surface area contributed by atoms with Gasteiger partial charge in [0.25, 0.3) is 0 Å². The molecular formula is C24H33N5O3. The lowest BCUT2D eigenvalue weighted by Gasteiger charge is -2.35. The molecular weight excluding hydrogens is 406 g/mol. The molecule has 2 aromatic rings. The van der Waals surface area contributed by atoms with E-state index in [0.717, 1.165) is 50.1 Å². The Morgan fingerprint density at radius 1 is 1.12 bits per heavy atom. The van der Waals surface area contributed by atoms with E-state index in [9.17, 15) is 4.79 Å². The number of methoxy groups -OCH3 is 1. The quantitative estimate of drug-likeness (QED) is 0.408. The van der Waals surface area contributed by atoms with Crippen LogP contribution >= 0.6 is 0 Å². The molecule has 0 radical (unpaired) electrons. The third-order valence-corrected chi connectivity index (χ3v) is 5.45. The fourth-order valence-corrected chi connectivity index (χ4v) is 3.65. The van der Waals surface area contributed by atoms with Gasteiger partial charge in [-0.25, -0.2) is 4.99 Å². The number of morpholine rings is 1. The molecule has 4 N–H and O–H groups in total. The van der Waals surface area contributed by atoms with Crippen molar-refractivity contribution < 1.29 is 14.3 Å². The van der Waals surface area contributed by atoms with Gasteiger partial charge in [-0.1, -0.05) is 24.3 Å². The topological polar surface area (TPSA) is 101 Å². The number of hydrogen-bond donors (Lipinski definition) is 3. The second-order valence-electron chi connectivity index (χ2n) is 7.57. The first-order valence-electron chi connectivity index (χ1n) is 11.0. The molecule has 0 bridgehead atoms. The zero-order valence-electron chi connectivity index (χ0n) is 18.8. The van der Waals surface area contributed by atoms with Gasteiger partial charge < -0.3 is 25.8 Å². The van der Waals surface area contributed by atoms with Crippen LogP contribution in [0.4, 0.5) is 0 Å². The third kappa shape index (κ3) is 6.70. The summed E-state index contributed by atoms with van der Waals surface area (Å²) in [5.41, 5.74) is 8.04. The number of carbonyl (C=O) groups is 1. The van der Waals surface area contributed by atoms with Crippen LogP contribution in [0.5, 0.6) is 5.75 Å². The van der Waals surface area contributed by atoms with Gasteiger partial charge >= 0.3 is 0 Å². The lowest BCUT2D eigenvalue weighted by atomic mass is 10.0. The molecule has 1 aliphatic heterocycles. The van der Waals surface area contributed by atoms with Gasteiger partial charge in [-0.15, -0.1) is 0 Å². The van der Waals surface area contributed by atoms with Crippen LogP contribution in [0, 0.1) is 0 Å². The highest BCUT2D eigenvalue weighted by Gasteiger charge is 2.23. The number of ether oxygens (including phenoxy) is 2. The van der Waals surface area contributed by atoms with E-state index in [-0.39, 0.29) is 6.04 Å². The number of primary amides is 1. The van der Waals surface area contributed by atoms with Gasteiger partial charge in [-0.2, -0.15) is 0 Å². The van der Waals surface area contributed by atoms with E-state index < -0.39 is 5.91 Å². The Morgan fingerprint density at radius 2 is 1.81 bits per heavy atom. The Labute approximate surface area is 189 Å². The molecule has 1 atom stereocenters. The highest BCUT2D eigenvalue weighted by atomic mass is 16.5. The second kappa shape index (κ2) is 12.1. The van der Waals surface area contributed by atoms with Crippen molar-refractivity contribution in [2.45, 2.75) is 19.5 Å². The normalized spacial score (nSPS) is 15.8. The van der Waals surface area contributed by atoms with E-state index in [0.29, 0.717) is 18.7 Å². The molecule has 8 nitrogen and oxygen atoms in total. The van der Waals surface area contributed by atoms with E-state index >= 15 is 0 Å². The standard InChI is InChI=1S/C24H33N5O3/c1-3-26-24(27-16-18-4-6-20(7-5-18)23(25)30)28-17-22(29-12-14-32-15-13-29)19-8-10-21(31-2)11-9-19/h4-11,22H,3,12-17H2,1-2H3,(H2,25,30)(H2,26,27,28). The number of nitrogens with zero attached hydrogens (tertiary/aromatic N) is 2. The maximum atomic E-state index is 11.3. The van der Waals surface area contributed by atoms with Gasteiger partial charge in [0, 0.05) is 31.7 Å². The zero-order valence-corrected chi connectivity index (χ0v) is 18.8. The van der Waals surface area contributed by atoms with E-state index in [1.165, 1.54) is 5.56 Å². The number of aliphatic imine (C=N–C) groups is 1. The monoisotopic (exact) mass is 439 g/mol. The van der Waals surface area contributed by atoms with E-state index in [2.05, 4.69) is 27.7 Å². The predicted molar refractivity (Wildman–Crippen MR) is 126 cm³/mol. The number of guanidine groups is 1. The number of carbonyl (C=O) groups excluding carboxylic acids is 1. The van der Waals surface area contributed by atoms with Crippen LogP contribution in [0.25, 0.3) is 0 Å². The average Bonchev–Trinajstić information content (AvgIpc) is 2.84. The molecule has 1 unspecified atom stereocenters. The zero-order chi connectivity index (χ0) is 22.8. The summed E-state index contributed by atoms with van der Waals surface area (Å²) in [4.78, 5) is 18.4. The summed E-state index contributed by atoms with van der Waals surface area (Å²) in [6.45, 7) is 7.26. The SMILES string of the molecule is CCNC(=NCc1ccc(C(N)=O)cc1)NCC(c1ccc(OC)cc1)N1CCOCC1. The largest absolute Gasteiger partial charge is 0.497 e. The van der Waals surface area contributed by atoms with E-state index in [4.69, 9.17) is 20.2 Å². The first-order chi connectivity index (χ1) is 15.6. The summed E-state index contributed by atoms with van der Waals surface area (Å²) in [6.07, 6.45) is 0. The first-order valence-corrected chi connectivity index (χ1v) is 11.0. The van der Waals surface area contributed by atoms with Gasteiger partial charge in [0.2, 0.25) is 5.91 Å². The molecule has 0 aromatic heterocycles. The Hall–Kier alpha value is -3.10. The number of benzene rings is 2.